The predicted molar refractivity (Wildman–Crippen MR) is 146 cm³/mol. The molecule has 0 aromatic heterocycles. The van der Waals surface area contributed by atoms with E-state index < -0.39 is 18.5 Å². The molecule has 7 unspecified atom stereocenters. The molecule has 0 N–H and O–H groups in total. The Morgan fingerprint density at radius 2 is 1.25 bits per heavy atom. The van der Waals surface area contributed by atoms with Gasteiger partial charge in [0.05, 0.1) is 0 Å². The van der Waals surface area contributed by atoms with E-state index in [4.69, 9.17) is 0 Å². The maximum Gasteiger partial charge on any atom is 0.134 e. The third kappa shape index (κ3) is 7.05. The number of halogens is 3. The third-order valence-corrected chi connectivity index (χ3v) is 11.9. The van der Waals surface area contributed by atoms with E-state index in [0.717, 1.165) is 69.1 Å². The normalized spacial score (nSPS) is 45.3. The van der Waals surface area contributed by atoms with Gasteiger partial charge in [0.2, 0.25) is 0 Å². The molecule has 0 amide bonds. The average Bonchev–Trinajstić information content (AvgIpc) is 2.89. The van der Waals surface area contributed by atoms with Crippen molar-refractivity contribution in [2.75, 3.05) is 0 Å². The van der Waals surface area contributed by atoms with Crippen molar-refractivity contribution in [1.29, 1.82) is 0 Å². The fourth-order valence-electron chi connectivity index (χ4n) is 9.32. The minimum absolute atomic E-state index is 0.0293. The first-order valence-corrected chi connectivity index (χ1v) is 16.3. The van der Waals surface area contributed by atoms with Crippen LogP contribution in [-0.2, 0) is 0 Å². The van der Waals surface area contributed by atoms with Crippen molar-refractivity contribution in [1.82, 2.24) is 0 Å². The molecule has 4 saturated carbocycles. The van der Waals surface area contributed by atoms with Crippen LogP contribution in [-0.4, -0.2) is 18.5 Å². The molecule has 3 heteroatoms. The van der Waals surface area contributed by atoms with Crippen molar-refractivity contribution >= 4 is 0 Å². The Kier molecular flexibility index (Phi) is 11.0. The Morgan fingerprint density at radius 1 is 0.639 bits per heavy atom. The summed E-state index contributed by atoms with van der Waals surface area (Å²) in [4.78, 5) is 0. The zero-order valence-electron chi connectivity index (χ0n) is 23.8. The van der Waals surface area contributed by atoms with Gasteiger partial charge in [-0.15, -0.1) is 0 Å². The quantitative estimate of drug-likeness (QED) is 0.289. The van der Waals surface area contributed by atoms with Crippen LogP contribution >= 0.6 is 0 Å². The Bertz CT molecular complexity index is 620. The smallest absolute Gasteiger partial charge is 0.134 e. The van der Waals surface area contributed by atoms with E-state index in [-0.39, 0.29) is 17.8 Å². The monoisotopic (exact) mass is 510 g/mol. The molecule has 0 aromatic carbocycles. The molecule has 0 aromatic rings. The summed E-state index contributed by atoms with van der Waals surface area (Å²) >= 11 is 0. The van der Waals surface area contributed by atoms with Crippen molar-refractivity contribution in [3.05, 3.63) is 0 Å². The second-order valence-electron chi connectivity index (χ2n) is 14.0. The van der Waals surface area contributed by atoms with Gasteiger partial charge in [0, 0.05) is 0 Å². The van der Waals surface area contributed by atoms with Gasteiger partial charge in [0.25, 0.3) is 0 Å². The van der Waals surface area contributed by atoms with Crippen molar-refractivity contribution in [2.24, 2.45) is 53.3 Å². The maximum atomic E-state index is 15.6. The van der Waals surface area contributed by atoms with E-state index >= 15 is 8.78 Å². The van der Waals surface area contributed by atoms with Crippen LogP contribution in [0.2, 0.25) is 0 Å². The summed E-state index contributed by atoms with van der Waals surface area (Å²) in [6.07, 6.45) is 17.4. The molecule has 0 nitrogen and oxygen atoms in total. The highest BCUT2D eigenvalue weighted by atomic mass is 19.2. The van der Waals surface area contributed by atoms with Gasteiger partial charge in [-0.1, -0.05) is 72.1 Å². The second-order valence-corrected chi connectivity index (χ2v) is 14.0. The molecule has 0 spiro atoms. The van der Waals surface area contributed by atoms with Crippen LogP contribution in [0, 0.1) is 53.3 Å². The summed E-state index contributed by atoms with van der Waals surface area (Å²) in [6, 6.07) is 0. The SMILES string of the molecule is CCCC1CCC(C2CCC(C(CC)CCC3CCC(C4CCC(C)C(F)C4)CC3)[C@H](F)C2F)CC1. The van der Waals surface area contributed by atoms with E-state index in [2.05, 4.69) is 20.8 Å². The average molecular weight is 511 g/mol. The van der Waals surface area contributed by atoms with E-state index in [1.165, 1.54) is 64.2 Å². The fourth-order valence-corrected chi connectivity index (χ4v) is 9.32. The number of alkyl halides is 3. The molecule has 36 heavy (non-hydrogen) atoms. The number of hydrogen-bond donors (Lipinski definition) is 0. The highest BCUT2D eigenvalue weighted by molar-refractivity contribution is 4.94. The van der Waals surface area contributed by atoms with E-state index in [1.807, 2.05) is 0 Å². The summed E-state index contributed by atoms with van der Waals surface area (Å²) in [6.45, 7) is 6.52. The molecule has 0 aliphatic heterocycles. The Morgan fingerprint density at radius 3 is 1.86 bits per heavy atom. The Balaban J connectivity index is 1.20. The summed E-state index contributed by atoms with van der Waals surface area (Å²) in [5.41, 5.74) is 0. The van der Waals surface area contributed by atoms with Crippen LogP contribution in [0.25, 0.3) is 0 Å². The van der Waals surface area contributed by atoms with Gasteiger partial charge >= 0.3 is 0 Å². The largest absolute Gasteiger partial charge is 0.247 e. The molecule has 0 bridgehead atoms. The predicted octanol–water partition coefficient (Wildman–Crippen LogP) is 10.7. The lowest BCUT2D eigenvalue weighted by Gasteiger charge is -2.44. The molecular formula is C33H57F3. The Hall–Kier alpha value is -0.210. The maximum absolute atomic E-state index is 15.6. The molecular weight excluding hydrogens is 453 g/mol. The lowest BCUT2D eigenvalue weighted by Crippen LogP contribution is -2.44. The van der Waals surface area contributed by atoms with Crippen LogP contribution < -0.4 is 0 Å². The molecule has 0 radical (unpaired) electrons. The van der Waals surface area contributed by atoms with Gasteiger partial charge in [0.1, 0.15) is 18.5 Å². The zero-order chi connectivity index (χ0) is 25.7. The van der Waals surface area contributed by atoms with Gasteiger partial charge in [-0.2, -0.15) is 0 Å². The van der Waals surface area contributed by atoms with Crippen LogP contribution in [0.1, 0.15) is 136 Å². The van der Waals surface area contributed by atoms with Gasteiger partial charge < -0.3 is 0 Å². The summed E-state index contributed by atoms with van der Waals surface area (Å²) in [5.74, 6) is 3.81. The van der Waals surface area contributed by atoms with E-state index in [0.29, 0.717) is 17.8 Å². The molecule has 210 valence electrons. The highest BCUT2D eigenvalue weighted by Crippen LogP contribution is 2.48. The molecule has 4 aliphatic carbocycles. The third-order valence-electron chi connectivity index (χ3n) is 11.9. The minimum atomic E-state index is -1.25. The topological polar surface area (TPSA) is 0 Å². The molecule has 0 heterocycles. The van der Waals surface area contributed by atoms with Gasteiger partial charge in [-0.05, 0) is 117 Å². The van der Waals surface area contributed by atoms with Crippen LogP contribution in [0.15, 0.2) is 0 Å². The summed E-state index contributed by atoms with van der Waals surface area (Å²) in [5, 5.41) is 0. The van der Waals surface area contributed by atoms with Crippen molar-refractivity contribution in [3.8, 4) is 0 Å². The molecule has 4 rings (SSSR count). The van der Waals surface area contributed by atoms with Gasteiger partial charge in [-0.3, -0.25) is 0 Å². The lowest BCUT2D eigenvalue weighted by atomic mass is 9.64. The molecule has 8 atom stereocenters. The van der Waals surface area contributed by atoms with Gasteiger partial charge in [-0.25, -0.2) is 13.2 Å². The fraction of sp³-hybridized carbons (Fsp3) is 1.00. The first-order chi connectivity index (χ1) is 17.4. The first kappa shape index (κ1) is 28.8. The molecule has 4 aliphatic rings. The van der Waals surface area contributed by atoms with E-state index in [1.54, 1.807) is 0 Å². The molecule has 4 fully saturated rings. The standard InChI is InChI=1S/C33H57F3/c1-4-6-23-11-17-27(18-12-23)30-20-19-29(32(35)33(30)36)25(5-2)14-8-24-9-15-26(16-10-24)28-13-7-22(3)31(34)21-28/h22-33H,4-21H2,1-3H3/t22?,23?,24?,25?,26?,27?,28?,29?,30?,31?,32-,33?/m0/s1. The second kappa shape index (κ2) is 13.7. The van der Waals surface area contributed by atoms with Crippen LogP contribution in [0.3, 0.4) is 0 Å². The Labute approximate surface area is 221 Å². The van der Waals surface area contributed by atoms with Crippen LogP contribution in [0.5, 0.6) is 0 Å². The van der Waals surface area contributed by atoms with Crippen LogP contribution in [0.4, 0.5) is 13.2 Å². The number of hydrogen-bond acceptors (Lipinski definition) is 0. The lowest BCUT2D eigenvalue weighted by molar-refractivity contribution is -0.0324. The van der Waals surface area contributed by atoms with Crippen molar-refractivity contribution in [3.63, 3.8) is 0 Å². The van der Waals surface area contributed by atoms with Gasteiger partial charge in [0.15, 0.2) is 0 Å². The number of rotatable bonds is 9. The highest BCUT2D eigenvalue weighted by Gasteiger charge is 2.46. The zero-order valence-corrected chi connectivity index (χ0v) is 23.8. The summed E-state index contributed by atoms with van der Waals surface area (Å²) < 4.78 is 45.3. The summed E-state index contributed by atoms with van der Waals surface area (Å²) in [7, 11) is 0. The first-order valence-electron chi connectivity index (χ1n) is 16.3. The van der Waals surface area contributed by atoms with Crippen molar-refractivity contribution in [2.45, 2.75) is 155 Å². The minimum Gasteiger partial charge on any atom is -0.247 e. The van der Waals surface area contributed by atoms with E-state index in [9.17, 15) is 4.39 Å². The molecule has 0 saturated heterocycles. The van der Waals surface area contributed by atoms with Crippen molar-refractivity contribution < 1.29 is 13.2 Å².